The first-order valence-electron chi connectivity index (χ1n) is 7.18. The Hall–Kier alpha value is -1.62. The normalized spacial score (nSPS) is 22.1. The number of methoxy groups -OCH3 is 1. The molecule has 1 saturated heterocycles. The van der Waals surface area contributed by atoms with Crippen molar-refractivity contribution in [3.8, 4) is 5.88 Å². The number of ether oxygens (including phenoxy) is 2. The van der Waals surface area contributed by atoms with Gasteiger partial charge in [0, 0.05) is 25.9 Å². The molecule has 5 heteroatoms. The largest absolute Gasteiger partial charge is 0.480 e. The molecule has 5 nitrogen and oxygen atoms in total. The van der Waals surface area contributed by atoms with Crippen molar-refractivity contribution >= 4 is 5.91 Å². The zero-order valence-electron chi connectivity index (χ0n) is 11.7. The second kappa shape index (κ2) is 5.79. The van der Waals surface area contributed by atoms with E-state index in [0.717, 1.165) is 25.5 Å². The molecule has 1 atom stereocenters. The van der Waals surface area contributed by atoms with Crippen LogP contribution in [0.1, 0.15) is 29.6 Å². The molecule has 0 spiro atoms. The summed E-state index contributed by atoms with van der Waals surface area (Å²) < 4.78 is 11.0. The Morgan fingerprint density at radius 2 is 2.30 bits per heavy atom. The molecular weight excluding hydrogens is 256 g/mol. The smallest absolute Gasteiger partial charge is 0.259 e. The van der Waals surface area contributed by atoms with Crippen LogP contribution in [-0.4, -0.2) is 48.7 Å². The fraction of sp³-hybridized carbons (Fsp3) is 0.600. The van der Waals surface area contributed by atoms with Crippen molar-refractivity contribution in [1.29, 1.82) is 0 Å². The summed E-state index contributed by atoms with van der Waals surface area (Å²) in [6.45, 7) is 2.26. The minimum atomic E-state index is -0.0209. The van der Waals surface area contributed by atoms with Crippen LogP contribution in [0, 0.1) is 5.92 Å². The Morgan fingerprint density at radius 1 is 1.45 bits per heavy atom. The van der Waals surface area contributed by atoms with Crippen molar-refractivity contribution < 1.29 is 14.3 Å². The van der Waals surface area contributed by atoms with Crippen LogP contribution in [0.25, 0.3) is 0 Å². The van der Waals surface area contributed by atoms with E-state index < -0.39 is 0 Å². The summed E-state index contributed by atoms with van der Waals surface area (Å²) in [5.41, 5.74) is 0.526. The van der Waals surface area contributed by atoms with Crippen molar-refractivity contribution in [3.63, 3.8) is 0 Å². The van der Waals surface area contributed by atoms with E-state index in [2.05, 4.69) is 4.98 Å². The highest BCUT2D eigenvalue weighted by atomic mass is 16.5. The number of hydrogen-bond acceptors (Lipinski definition) is 4. The van der Waals surface area contributed by atoms with Gasteiger partial charge in [-0.3, -0.25) is 4.79 Å². The first-order valence-corrected chi connectivity index (χ1v) is 7.18. The number of rotatable bonds is 5. The summed E-state index contributed by atoms with van der Waals surface area (Å²) in [6, 6.07) is 3.51. The lowest BCUT2D eigenvalue weighted by molar-refractivity contribution is 0.0479. The zero-order chi connectivity index (χ0) is 13.9. The maximum atomic E-state index is 12.5. The van der Waals surface area contributed by atoms with E-state index in [-0.39, 0.29) is 12.0 Å². The predicted octanol–water partition coefficient (Wildman–Crippen LogP) is 1.73. The molecule has 1 amide bonds. The van der Waals surface area contributed by atoms with Crippen LogP contribution in [-0.2, 0) is 4.74 Å². The van der Waals surface area contributed by atoms with E-state index in [0.29, 0.717) is 18.0 Å². The minimum absolute atomic E-state index is 0.0209. The summed E-state index contributed by atoms with van der Waals surface area (Å²) >= 11 is 0. The number of hydrogen-bond donors (Lipinski definition) is 0. The Labute approximate surface area is 118 Å². The maximum Gasteiger partial charge on any atom is 0.259 e. The summed E-state index contributed by atoms with van der Waals surface area (Å²) in [4.78, 5) is 18.4. The lowest BCUT2D eigenvalue weighted by Crippen LogP contribution is -2.30. The summed E-state index contributed by atoms with van der Waals surface area (Å²) in [6.07, 6.45) is 5.31. The van der Waals surface area contributed by atoms with Crippen molar-refractivity contribution in [3.05, 3.63) is 23.9 Å². The molecule has 1 saturated carbocycles. The second-order valence-electron chi connectivity index (χ2n) is 5.50. The topological polar surface area (TPSA) is 51.7 Å². The van der Waals surface area contributed by atoms with Crippen molar-refractivity contribution in [2.75, 3.05) is 26.8 Å². The van der Waals surface area contributed by atoms with E-state index in [1.807, 2.05) is 4.90 Å². The molecule has 1 aromatic rings. The van der Waals surface area contributed by atoms with E-state index >= 15 is 0 Å². The molecule has 1 aromatic heterocycles. The molecule has 0 aromatic carbocycles. The molecule has 0 bridgehead atoms. The van der Waals surface area contributed by atoms with Gasteiger partial charge in [0.25, 0.3) is 5.91 Å². The molecule has 2 fully saturated rings. The first-order chi connectivity index (χ1) is 9.78. The van der Waals surface area contributed by atoms with Crippen LogP contribution < -0.4 is 4.74 Å². The molecule has 20 heavy (non-hydrogen) atoms. The van der Waals surface area contributed by atoms with Crippen LogP contribution >= 0.6 is 0 Å². The quantitative estimate of drug-likeness (QED) is 0.822. The number of carbonyl (C=O) groups excluding carboxylic acids is 1. The van der Waals surface area contributed by atoms with Gasteiger partial charge in [-0.2, -0.15) is 0 Å². The van der Waals surface area contributed by atoms with Crippen LogP contribution in [0.4, 0.5) is 0 Å². The predicted molar refractivity (Wildman–Crippen MR) is 73.8 cm³/mol. The fourth-order valence-corrected chi connectivity index (χ4v) is 2.49. The molecule has 108 valence electrons. The van der Waals surface area contributed by atoms with Gasteiger partial charge in [-0.15, -0.1) is 0 Å². The fourth-order valence-electron chi connectivity index (χ4n) is 2.49. The number of carbonyl (C=O) groups is 1. The Morgan fingerprint density at radius 3 is 3.05 bits per heavy atom. The number of likely N-dealkylation sites (tertiary alicyclic amines) is 1. The summed E-state index contributed by atoms with van der Waals surface area (Å²) in [7, 11) is 1.53. The lowest BCUT2D eigenvalue weighted by atomic mass is 10.2. The Kier molecular flexibility index (Phi) is 3.87. The SMILES string of the molecule is COc1ncccc1C(=O)N1CCC(OCC2CC2)C1. The van der Waals surface area contributed by atoms with Crippen LogP contribution in [0.5, 0.6) is 5.88 Å². The third kappa shape index (κ3) is 2.93. The van der Waals surface area contributed by atoms with E-state index in [1.54, 1.807) is 18.3 Å². The van der Waals surface area contributed by atoms with Gasteiger partial charge in [0.2, 0.25) is 5.88 Å². The lowest BCUT2D eigenvalue weighted by Gasteiger charge is -2.17. The second-order valence-corrected chi connectivity index (χ2v) is 5.50. The molecule has 1 aliphatic heterocycles. The Bertz CT molecular complexity index is 488. The highest BCUT2D eigenvalue weighted by Crippen LogP contribution is 2.30. The number of aromatic nitrogens is 1. The van der Waals surface area contributed by atoms with Crippen molar-refractivity contribution in [2.24, 2.45) is 5.92 Å². The first kappa shape index (κ1) is 13.4. The third-order valence-electron chi connectivity index (χ3n) is 3.89. The van der Waals surface area contributed by atoms with Gasteiger partial charge in [0.1, 0.15) is 5.56 Å². The van der Waals surface area contributed by atoms with Crippen LogP contribution in [0.15, 0.2) is 18.3 Å². The van der Waals surface area contributed by atoms with E-state index in [1.165, 1.54) is 20.0 Å². The van der Waals surface area contributed by atoms with E-state index in [9.17, 15) is 4.79 Å². The van der Waals surface area contributed by atoms with Crippen LogP contribution in [0.2, 0.25) is 0 Å². The average Bonchev–Trinajstić information content (AvgIpc) is 3.21. The van der Waals surface area contributed by atoms with Gasteiger partial charge in [-0.25, -0.2) is 4.98 Å². The van der Waals surface area contributed by atoms with Gasteiger partial charge in [-0.1, -0.05) is 0 Å². The molecule has 0 radical (unpaired) electrons. The van der Waals surface area contributed by atoms with Gasteiger partial charge in [0.15, 0.2) is 0 Å². The molecule has 1 unspecified atom stereocenters. The van der Waals surface area contributed by atoms with E-state index in [4.69, 9.17) is 9.47 Å². The molecule has 2 heterocycles. The number of nitrogens with zero attached hydrogens (tertiary/aromatic N) is 2. The van der Waals surface area contributed by atoms with Gasteiger partial charge in [0.05, 0.1) is 13.2 Å². The Balaban J connectivity index is 1.59. The average molecular weight is 276 g/mol. The molecule has 1 aliphatic carbocycles. The van der Waals surface area contributed by atoms with Crippen molar-refractivity contribution in [2.45, 2.75) is 25.4 Å². The highest BCUT2D eigenvalue weighted by molar-refractivity contribution is 5.96. The third-order valence-corrected chi connectivity index (χ3v) is 3.89. The van der Waals surface area contributed by atoms with Crippen LogP contribution in [0.3, 0.4) is 0 Å². The minimum Gasteiger partial charge on any atom is -0.480 e. The van der Waals surface area contributed by atoms with Gasteiger partial charge in [-0.05, 0) is 37.3 Å². The molecule has 2 aliphatic rings. The maximum absolute atomic E-state index is 12.5. The summed E-state index contributed by atoms with van der Waals surface area (Å²) in [5.74, 6) is 1.13. The molecule has 3 rings (SSSR count). The number of pyridine rings is 1. The zero-order valence-corrected chi connectivity index (χ0v) is 11.7. The molecular formula is C15H20N2O3. The number of amides is 1. The van der Waals surface area contributed by atoms with Gasteiger partial charge < -0.3 is 14.4 Å². The summed E-state index contributed by atoms with van der Waals surface area (Å²) in [5, 5.41) is 0. The van der Waals surface area contributed by atoms with Gasteiger partial charge >= 0.3 is 0 Å². The standard InChI is InChI=1S/C15H20N2O3/c1-19-14-13(3-2-7-16-14)15(18)17-8-6-12(9-17)20-10-11-4-5-11/h2-3,7,11-12H,4-6,8-10H2,1H3. The monoisotopic (exact) mass is 276 g/mol. The molecule has 0 N–H and O–H groups in total. The highest BCUT2D eigenvalue weighted by Gasteiger charge is 2.31. The van der Waals surface area contributed by atoms with Crippen molar-refractivity contribution in [1.82, 2.24) is 9.88 Å².